The number of Topliss-reactive ketones (excluding diaryl/α,β-unsaturated/α-hetero) is 1. The van der Waals surface area contributed by atoms with Crippen molar-refractivity contribution in [2.45, 2.75) is 56.9 Å². The van der Waals surface area contributed by atoms with E-state index >= 15 is 0 Å². The quantitative estimate of drug-likeness (QED) is 0.378. The molecule has 0 N–H and O–H groups in total. The third-order valence-corrected chi connectivity index (χ3v) is 5.72. The van der Waals surface area contributed by atoms with E-state index in [1.54, 1.807) is 6.07 Å². The van der Waals surface area contributed by atoms with Gasteiger partial charge in [-0.2, -0.15) is 5.26 Å². The molecule has 1 aliphatic heterocycles. The Hall–Kier alpha value is -3.55. The van der Waals surface area contributed by atoms with E-state index in [2.05, 4.69) is 9.72 Å². The van der Waals surface area contributed by atoms with Crippen molar-refractivity contribution in [2.24, 2.45) is 0 Å². The van der Waals surface area contributed by atoms with E-state index in [9.17, 15) is 31.5 Å². The van der Waals surface area contributed by atoms with Gasteiger partial charge in [0.25, 0.3) is 5.92 Å². The second-order valence-corrected chi connectivity index (χ2v) is 8.40. The van der Waals surface area contributed by atoms with Gasteiger partial charge in [-0.1, -0.05) is 19.1 Å². The molecule has 0 saturated carbocycles. The van der Waals surface area contributed by atoms with Gasteiger partial charge < -0.3 is 9.64 Å². The highest BCUT2D eigenvalue weighted by molar-refractivity contribution is 5.99. The zero-order valence-corrected chi connectivity index (χ0v) is 18.7. The Bertz CT molecular complexity index is 1110. The highest BCUT2D eigenvalue weighted by atomic mass is 19.4. The van der Waals surface area contributed by atoms with Gasteiger partial charge in [0, 0.05) is 37.2 Å². The predicted molar refractivity (Wildman–Crippen MR) is 114 cm³/mol. The molecule has 1 saturated heterocycles. The van der Waals surface area contributed by atoms with Crippen LogP contribution < -0.4 is 4.74 Å². The van der Waals surface area contributed by atoms with Crippen LogP contribution in [-0.2, 0) is 11.2 Å². The van der Waals surface area contributed by atoms with Crippen LogP contribution in [0.1, 0.15) is 53.6 Å². The molecule has 1 fully saturated rings. The number of rotatable bonds is 8. The van der Waals surface area contributed by atoms with Gasteiger partial charge in [0.2, 0.25) is 5.91 Å². The predicted octanol–water partition coefficient (Wildman–Crippen LogP) is 5.05. The molecule has 6 nitrogen and oxygen atoms in total. The number of carbonyl (C=O) groups excluding carboxylic acids is 2. The Kier molecular flexibility index (Phi) is 7.73. The van der Waals surface area contributed by atoms with Crippen molar-refractivity contribution in [1.29, 1.82) is 5.26 Å². The Labute approximate surface area is 198 Å². The number of hydrogen-bond acceptors (Lipinski definition) is 5. The van der Waals surface area contributed by atoms with E-state index in [-0.39, 0.29) is 30.3 Å². The maximum Gasteiger partial charge on any atom is 0.573 e. The van der Waals surface area contributed by atoms with E-state index in [0.717, 1.165) is 10.5 Å². The fourth-order valence-corrected chi connectivity index (χ4v) is 4.00. The van der Waals surface area contributed by atoms with E-state index in [4.69, 9.17) is 5.26 Å². The van der Waals surface area contributed by atoms with Crippen LogP contribution in [0.3, 0.4) is 0 Å². The van der Waals surface area contributed by atoms with Crippen LogP contribution in [0.25, 0.3) is 0 Å². The maximum absolute atomic E-state index is 13.6. The molecule has 2 atom stereocenters. The summed E-state index contributed by atoms with van der Waals surface area (Å²) in [6, 6.07) is 7.38. The largest absolute Gasteiger partial charge is 0.573 e. The molecule has 11 heteroatoms. The van der Waals surface area contributed by atoms with E-state index in [0.29, 0.717) is 17.5 Å². The Morgan fingerprint density at radius 3 is 2.54 bits per heavy atom. The number of nitriles is 1. The summed E-state index contributed by atoms with van der Waals surface area (Å²) in [6.07, 6.45) is -2.79. The van der Waals surface area contributed by atoms with Crippen LogP contribution in [0, 0.1) is 11.3 Å². The average molecular weight is 495 g/mol. The minimum Gasteiger partial charge on any atom is -0.406 e. The highest BCUT2D eigenvalue weighted by Gasteiger charge is 2.47. The number of halogens is 5. The van der Waals surface area contributed by atoms with Crippen LogP contribution in [0.4, 0.5) is 22.0 Å². The Morgan fingerprint density at radius 2 is 1.91 bits per heavy atom. The number of nitrogens with zero attached hydrogens (tertiary/aromatic N) is 3. The van der Waals surface area contributed by atoms with Gasteiger partial charge in [-0.25, -0.2) is 8.78 Å². The number of aromatic nitrogens is 1. The minimum absolute atomic E-state index is 0.185. The third-order valence-electron chi connectivity index (χ3n) is 5.72. The first-order valence-electron chi connectivity index (χ1n) is 10.8. The summed E-state index contributed by atoms with van der Waals surface area (Å²) >= 11 is 0. The Balaban J connectivity index is 1.64. The maximum atomic E-state index is 13.6. The zero-order valence-electron chi connectivity index (χ0n) is 18.7. The van der Waals surface area contributed by atoms with Crippen LogP contribution in [0.5, 0.6) is 5.75 Å². The first-order chi connectivity index (χ1) is 16.4. The number of alkyl halides is 5. The number of ether oxygens (including phenoxy) is 1. The monoisotopic (exact) mass is 495 g/mol. The van der Waals surface area contributed by atoms with Crippen LogP contribution in [0.2, 0.25) is 0 Å². The lowest BCUT2D eigenvalue weighted by molar-refractivity contribution is -0.274. The summed E-state index contributed by atoms with van der Waals surface area (Å²) in [7, 11) is 0. The first kappa shape index (κ1) is 26.1. The fraction of sp³-hybridized carbons (Fsp3) is 0.417. The van der Waals surface area contributed by atoms with Crippen molar-refractivity contribution in [3.8, 4) is 11.8 Å². The summed E-state index contributed by atoms with van der Waals surface area (Å²) in [5.74, 6) is -4.73. The molecule has 186 valence electrons. The van der Waals surface area contributed by atoms with Gasteiger partial charge in [0.1, 0.15) is 11.8 Å². The highest BCUT2D eigenvalue weighted by Crippen LogP contribution is 2.32. The molecule has 35 heavy (non-hydrogen) atoms. The number of carbonyl (C=O) groups is 2. The minimum atomic E-state index is -4.79. The van der Waals surface area contributed by atoms with Gasteiger partial charge in [0.15, 0.2) is 5.78 Å². The SMILES string of the molecule is CC(Cc1cnccc1C(=O)CCC(=O)N1CC(F)(F)C[C@H]1C#N)c1ccc(OC(F)(F)F)cc1. The average Bonchev–Trinajstić information content (AvgIpc) is 3.11. The molecule has 0 aliphatic carbocycles. The van der Waals surface area contributed by atoms with Gasteiger partial charge in [-0.05, 0) is 41.7 Å². The second kappa shape index (κ2) is 10.4. The molecule has 1 aromatic carbocycles. The molecule has 1 aliphatic rings. The summed E-state index contributed by atoms with van der Waals surface area (Å²) in [4.78, 5) is 30.1. The smallest absolute Gasteiger partial charge is 0.406 e. The molecule has 1 amide bonds. The van der Waals surface area contributed by atoms with Crippen molar-refractivity contribution in [3.63, 3.8) is 0 Å². The lowest BCUT2D eigenvalue weighted by atomic mass is 9.90. The summed E-state index contributed by atoms with van der Waals surface area (Å²) in [6.45, 7) is 0.989. The van der Waals surface area contributed by atoms with Crippen LogP contribution in [-0.4, -0.2) is 46.4 Å². The van der Waals surface area contributed by atoms with Gasteiger partial charge in [-0.3, -0.25) is 14.6 Å². The summed E-state index contributed by atoms with van der Waals surface area (Å²) in [5, 5.41) is 9.04. The van der Waals surface area contributed by atoms with Gasteiger partial charge in [-0.15, -0.1) is 13.2 Å². The molecule has 3 rings (SSSR count). The van der Waals surface area contributed by atoms with E-state index < -0.39 is 37.2 Å². The second-order valence-electron chi connectivity index (χ2n) is 8.40. The fourth-order valence-electron chi connectivity index (χ4n) is 4.00. The van der Waals surface area contributed by atoms with Crippen LogP contribution >= 0.6 is 0 Å². The summed E-state index contributed by atoms with van der Waals surface area (Å²) in [5.41, 5.74) is 1.62. The lowest BCUT2D eigenvalue weighted by Gasteiger charge is -2.19. The number of ketones is 1. The molecule has 1 aromatic heterocycles. The first-order valence-corrected chi connectivity index (χ1v) is 10.8. The van der Waals surface area contributed by atoms with E-state index in [1.165, 1.54) is 42.7 Å². The third kappa shape index (κ3) is 6.97. The molecule has 2 aromatic rings. The Morgan fingerprint density at radius 1 is 1.23 bits per heavy atom. The van der Waals surface area contributed by atoms with Gasteiger partial charge in [0.05, 0.1) is 12.6 Å². The van der Waals surface area contributed by atoms with Gasteiger partial charge >= 0.3 is 6.36 Å². The van der Waals surface area contributed by atoms with Crippen LogP contribution in [0.15, 0.2) is 42.7 Å². The molecule has 0 radical (unpaired) electrons. The number of hydrogen-bond donors (Lipinski definition) is 0. The van der Waals surface area contributed by atoms with Crippen molar-refractivity contribution >= 4 is 11.7 Å². The molecular weight excluding hydrogens is 473 g/mol. The van der Waals surface area contributed by atoms with E-state index in [1.807, 2.05) is 6.92 Å². The van der Waals surface area contributed by atoms with Crippen molar-refractivity contribution in [1.82, 2.24) is 9.88 Å². The topological polar surface area (TPSA) is 83.3 Å². The normalized spacial score (nSPS) is 18.1. The standard InChI is InChI=1S/C24H22F5N3O3/c1-15(16-2-4-19(5-3-16)35-24(27,28)29)10-17-13-31-9-8-20(17)21(33)6-7-22(34)32-14-23(25,26)11-18(32)12-30/h2-5,8-9,13,15,18H,6-7,10-11,14H2,1H3/t15?,18-/m0/s1. The number of amides is 1. The molecule has 0 spiro atoms. The molecule has 1 unspecified atom stereocenters. The molecule has 0 bridgehead atoms. The van der Waals surface area contributed by atoms with Crippen molar-refractivity contribution in [2.75, 3.05) is 6.54 Å². The van der Waals surface area contributed by atoms with Crippen molar-refractivity contribution in [3.05, 3.63) is 59.4 Å². The lowest BCUT2D eigenvalue weighted by Crippen LogP contribution is -2.36. The molecule has 2 heterocycles. The summed E-state index contributed by atoms with van der Waals surface area (Å²) < 4.78 is 68.1. The number of pyridine rings is 1. The van der Waals surface area contributed by atoms with Crippen molar-refractivity contribution < 1.29 is 36.3 Å². The number of benzene rings is 1. The zero-order chi connectivity index (χ0) is 25.8. The molecular formula is C24H22F5N3O3. The number of likely N-dealkylation sites (tertiary alicyclic amines) is 1.